The van der Waals surface area contributed by atoms with Gasteiger partial charge in [-0.05, 0) is 43.4 Å². The van der Waals surface area contributed by atoms with Gasteiger partial charge in [0.1, 0.15) is 5.82 Å². The average molecular weight is 276 g/mol. The van der Waals surface area contributed by atoms with Gasteiger partial charge in [-0.25, -0.2) is 13.9 Å². The summed E-state index contributed by atoms with van der Waals surface area (Å²) in [5.74, 6) is -0.319. The quantitative estimate of drug-likeness (QED) is 0.670. The van der Waals surface area contributed by atoms with Crippen molar-refractivity contribution < 1.29 is 4.39 Å². The van der Waals surface area contributed by atoms with Crippen molar-refractivity contribution in [2.24, 2.45) is 0 Å². The standard InChI is InChI=1S/C12H9FN4OS/c1-6-9(7-2-4-8(13)5-3-7)17-10(14-6)11(18)15-12(19)16-17/h2-5H,1H3,(H2,15,16,18,19). The van der Waals surface area contributed by atoms with Crippen LogP contribution in [0.2, 0.25) is 0 Å². The number of aromatic amines is 2. The van der Waals surface area contributed by atoms with Crippen molar-refractivity contribution in [3.05, 3.63) is 50.9 Å². The van der Waals surface area contributed by atoms with Crippen LogP contribution in [0.4, 0.5) is 4.39 Å². The molecule has 2 aromatic heterocycles. The third-order valence-electron chi connectivity index (χ3n) is 2.81. The van der Waals surface area contributed by atoms with Crippen molar-refractivity contribution >= 4 is 17.9 Å². The summed E-state index contributed by atoms with van der Waals surface area (Å²) in [7, 11) is 0. The zero-order valence-electron chi connectivity index (χ0n) is 9.90. The lowest BCUT2D eigenvalue weighted by Crippen LogP contribution is -2.13. The molecule has 0 aliphatic rings. The highest BCUT2D eigenvalue weighted by Crippen LogP contribution is 2.22. The predicted molar refractivity (Wildman–Crippen MR) is 71.1 cm³/mol. The van der Waals surface area contributed by atoms with Gasteiger partial charge < -0.3 is 0 Å². The lowest BCUT2D eigenvalue weighted by molar-refractivity contribution is 0.628. The van der Waals surface area contributed by atoms with Gasteiger partial charge in [-0.1, -0.05) is 0 Å². The molecule has 5 nitrogen and oxygen atoms in total. The molecular formula is C12H9FN4OS. The normalized spacial score (nSPS) is 11.1. The molecule has 0 amide bonds. The molecule has 0 aliphatic heterocycles. The molecule has 1 aromatic carbocycles. The Bertz CT molecular complexity index is 875. The van der Waals surface area contributed by atoms with Gasteiger partial charge >= 0.3 is 0 Å². The molecule has 0 unspecified atom stereocenters. The number of rotatable bonds is 1. The summed E-state index contributed by atoms with van der Waals surface area (Å²) in [6, 6.07) is 5.97. The fraction of sp³-hybridized carbons (Fsp3) is 0.0833. The van der Waals surface area contributed by atoms with Crippen molar-refractivity contribution in [3.8, 4) is 11.3 Å². The predicted octanol–water partition coefficient (Wildman–Crippen LogP) is 2.19. The smallest absolute Gasteiger partial charge is 0.295 e. The van der Waals surface area contributed by atoms with Crippen LogP contribution in [-0.2, 0) is 0 Å². The Balaban J connectivity index is 2.41. The first-order valence-corrected chi connectivity index (χ1v) is 5.94. The van der Waals surface area contributed by atoms with E-state index in [2.05, 4.69) is 15.1 Å². The van der Waals surface area contributed by atoms with E-state index in [0.717, 1.165) is 5.56 Å². The number of nitrogens with zero attached hydrogens (tertiary/aromatic N) is 2. The molecule has 0 spiro atoms. The Morgan fingerprint density at radius 2 is 2.00 bits per heavy atom. The molecule has 3 rings (SSSR count). The minimum atomic E-state index is -0.361. The Kier molecular flexibility index (Phi) is 2.56. The second-order valence-electron chi connectivity index (χ2n) is 4.11. The first-order valence-electron chi connectivity index (χ1n) is 5.54. The highest BCUT2D eigenvalue weighted by atomic mass is 32.1. The van der Waals surface area contributed by atoms with Crippen LogP contribution in [-0.4, -0.2) is 19.6 Å². The molecule has 0 saturated carbocycles. The maximum Gasteiger partial charge on any atom is 0.295 e. The number of benzene rings is 1. The van der Waals surface area contributed by atoms with Crippen molar-refractivity contribution in [1.29, 1.82) is 0 Å². The number of halogens is 1. The molecule has 3 aromatic rings. The third kappa shape index (κ3) is 1.88. The summed E-state index contributed by atoms with van der Waals surface area (Å²) in [4.78, 5) is 18.4. The Hall–Kier alpha value is -2.28. The molecule has 0 aliphatic carbocycles. The van der Waals surface area contributed by atoms with E-state index >= 15 is 0 Å². The van der Waals surface area contributed by atoms with Crippen LogP contribution >= 0.6 is 12.2 Å². The van der Waals surface area contributed by atoms with Crippen molar-refractivity contribution in [2.45, 2.75) is 6.92 Å². The van der Waals surface area contributed by atoms with Gasteiger partial charge in [-0.2, -0.15) is 0 Å². The van der Waals surface area contributed by atoms with Gasteiger partial charge in [0.2, 0.25) is 5.65 Å². The molecule has 0 saturated heterocycles. The van der Waals surface area contributed by atoms with Crippen LogP contribution < -0.4 is 5.56 Å². The molecule has 2 N–H and O–H groups in total. The average Bonchev–Trinajstić information content (AvgIpc) is 2.67. The molecule has 0 fully saturated rings. The molecule has 19 heavy (non-hydrogen) atoms. The topological polar surface area (TPSA) is 66.0 Å². The molecule has 96 valence electrons. The Morgan fingerprint density at radius 1 is 1.32 bits per heavy atom. The largest absolute Gasteiger partial charge is 0.295 e. The highest BCUT2D eigenvalue weighted by molar-refractivity contribution is 7.71. The van der Waals surface area contributed by atoms with Crippen LogP contribution in [0, 0.1) is 17.5 Å². The van der Waals surface area contributed by atoms with E-state index < -0.39 is 0 Å². The fourth-order valence-corrected chi connectivity index (χ4v) is 2.21. The van der Waals surface area contributed by atoms with E-state index in [9.17, 15) is 9.18 Å². The lowest BCUT2D eigenvalue weighted by Gasteiger charge is -2.03. The fourth-order valence-electron chi connectivity index (χ4n) is 2.02. The van der Waals surface area contributed by atoms with Crippen molar-refractivity contribution in [3.63, 3.8) is 0 Å². The van der Waals surface area contributed by atoms with Crippen LogP contribution in [0.15, 0.2) is 29.1 Å². The van der Waals surface area contributed by atoms with Crippen LogP contribution in [0.5, 0.6) is 0 Å². The summed E-state index contributed by atoms with van der Waals surface area (Å²) < 4.78 is 14.7. The highest BCUT2D eigenvalue weighted by Gasteiger charge is 2.13. The van der Waals surface area contributed by atoms with E-state index in [1.807, 2.05) is 0 Å². The lowest BCUT2D eigenvalue weighted by atomic mass is 10.1. The first-order chi connectivity index (χ1) is 9.06. The first kappa shape index (κ1) is 11.8. The zero-order chi connectivity index (χ0) is 13.6. The number of hydrogen-bond acceptors (Lipinski definition) is 3. The monoisotopic (exact) mass is 276 g/mol. The van der Waals surface area contributed by atoms with E-state index in [-0.39, 0.29) is 21.8 Å². The van der Waals surface area contributed by atoms with E-state index in [4.69, 9.17) is 12.2 Å². The van der Waals surface area contributed by atoms with Crippen LogP contribution in [0.3, 0.4) is 0 Å². The summed E-state index contributed by atoms with van der Waals surface area (Å²) in [6.07, 6.45) is 0. The van der Waals surface area contributed by atoms with Crippen molar-refractivity contribution in [1.82, 2.24) is 19.6 Å². The Morgan fingerprint density at radius 3 is 2.68 bits per heavy atom. The Labute approximate surface area is 111 Å². The van der Waals surface area contributed by atoms with E-state index in [0.29, 0.717) is 11.4 Å². The summed E-state index contributed by atoms with van der Waals surface area (Å²) in [6.45, 7) is 1.78. The number of H-pyrrole nitrogens is 2. The number of imidazole rings is 1. The minimum Gasteiger partial charge on any atom is -0.295 e. The number of aryl methyl sites for hydroxylation is 1. The maximum absolute atomic E-state index is 13.0. The van der Waals surface area contributed by atoms with Crippen LogP contribution in [0.25, 0.3) is 16.9 Å². The second kappa shape index (κ2) is 4.13. The molecular weight excluding hydrogens is 267 g/mol. The minimum absolute atomic E-state index is 0.207. The van der Waals surface area contributed by atoms with Gasteiger partial charge in [-0.15, -0.1) is 0 Å². The number of aromatic nitrogens is 4. The van der Waals surface area contributed by atoms with Gasteiger partial charge in [-0.3, -0.25) is 14.9 Å². The van der Waals surface area contributed by atoms with Gasteiger partial charge in [0.15, 0.2) is 4.77 Å². The molecule has 0 radical (unpaired) electrons. The number of fused-ring (bicyclic) bond motifs is 1. The molecule has 0 atom stereocenters. The van der Waals surface area contributed by atoms with E-state index in [1.54, 1.807) is 19.1 Å². The number of hydrogen-bond donors (Lipinski definition) is 2. The zero-order valence-corrected chi connectivity index (χ0v) is 10.7. The molecule has 0 bridgehead atoms. The number of nitrogens with one attached hydrogen (secondary N) is 2. The summed E-state index contributed by atoms with van der Waals surface area (Å²) >= 11 is 4.95. The summed E-state index contributed by atoms with van der Waals surface area (Å²) in [5.41, 5.74) is 1.97. The van der Waals surface area contributed by atoms with Crippen LogP contribution in [0.1, 0.15) is 5.69 Å². The second-order valence-corrected chi connectivity index (χ2v) is 4.52. The third-order valence-corrected chi connectivity index (χ3v) is 3.01. The summed E-state index contributed by atoms with van der Waals surface area (Å²) in [5, 5.41) is 2.85. The maximum atomic E-state index is 13.0. The van der Waals surface area contributed by atoms with Gasteiger partial charge in [0, 0.05) is 5.56 Å². The van der Waals surface area contributed by atoms with Gasteiger partial charge in [0.25, 0.3) is 5.56 Å². The molecule has 2 heterocycles. The SMILES string of the molecule is Cc1nc2c(=O)[nH]c(=S)[nH]n2c1-c1ccc(F)cc1. The van der Waals surface area contributed by atoms with E-state index in [1.165, 1.54) is 16.6 Å². The van der Waals surface area contributed by atoms with Gasteiger partial charge in [0.05, 0.1) is 11.4 Å². The van der Waals surface area contributed by atoms with Crippen molar-refractivity contribution in [2.75, 3.05) is 0 Å². The molecule has 7 heteroatoms.